The van der Waals surface area contributed by atoms with Crippen molar-refractivity contribution in [3.8, 4) is 11.5 Å². The summed E-state index contributed by atoms with van der Waals surface area (Å²) in [5, 5.41) is 0. The van der Waals surface area contributed by atoms with Gasteiger partial charge in [-0.25, -0.2) is 0 Å². The van der Waals surface area contributed by atoms with Gasteiger partial charge in [-0.2, -0.15) is 0 Å². The Morgan fingerprint density at radius 1 is 1.36 bits per heavy atom. The summed E-state index contributed by atoms with van der Waals surface area (Å²) in [5.74, 6) is 1.83. The number of carbonyl (C=O) groups excluding carboxylic acids is 1. The molecular weight excluding hydrogens is 318 g/mol. The number of amides is 1. The quantitative estimate of drug-likeness (QED) is 0.740. The highest BCUT2D eigenvalue weighted by Gasteiger charge is 2.25. The third kappa shape index (κ3) is 5.49. The van der Waals surface area contributed by atoms with E-state index in [0.717, 1.165) is 11.3 Å². The van der Waals surface area contributed by atoms with Crippen LogP contribution in [0, 0.1) is 5.92 Å². The van der Waals surface area contributed by atoms with Gasteiger partial charge >= 0.3 is 0 Å². The number of morpholine rings is 1. The molecular formula is C20H29NO4. The highest BCUT2D eigenvalue weighted by molar-refractivity contribution is 5.92. The Kier molecular flexibility index (Phi) is 6.88. The molecule has 2 unspecified atom stereocenters. The molecule has 0 radical (unpaired) electrons. The largest absolute Gasteiger partial charge is 0.493 e. The maximum Gasteiger partial charge on any atom is 0.246 e. The molecule has 0 aromatic heterocycles. The van der Waals surface area contributed by atoms with Crippen molar-refractivity contribution in [2.45, 2.75) is 39.8 Å². The van der Waals surface area contributed by atoms with Crippen molar-refractivity contribution >= 4 is 12.0 Å². The van der Waals surface area contributed by atoms with Crippen LogP contribution >= 0.6 is 0 Å². The van der Waals surface area contributed by atoms with Gasteiger partial charge in [-0.05, 0) is 43.5 Å². The van der Waals surface area contributed by atoms with Crippen molar-refractivity contribution in [1.82, 2.24) is 4.90 Å². The lowest BCUT2D eigenvalue weighted by Gasteiger charge is -2.36. The van der Waals surface area contributed by atoms with Crippen molar-refractivity contribution in [3.63, 3.8) is 0 Å². The Bertz CT molecular complexity index is 612. The average molecular weight is 347 g/mol. The standard InChI is InChI=1S/C20H29NO4/c1-14(2)12-25-18-8-6-17(10-19(18)23-5)7-9-20(22)21-11-16(4)24-13-15(21)3/h6-10,14-16H,11-13H2,1-5H3/b9-7+. The van der Waals surface area contributed by atoms with E-state index in [1.807, 2.05) is 43.0 Å². The first-order chi connectivity index (χ1) is 11.9. The third-order valence-corrected chi connectivity index (χ3v) is 4.07. The maximum absolute atomic E-state index is 12.5. The number of hydrogen-bond acceptors (Lipinski definition) is 4. The predicted octanol–water partition coefficient (Wildman–Crippen LogP) is 3.38. The van der Waals surface area contributed by atoms with Crippen LogP contribution in [0.5, 0.6) is 11.5 Å². The Hall–Kier alpha value is -2.01. The van der Waals surface area contributed by atoms with Crippen molar-refractivity contribution in [2.75, 3.05) is 26.9 Å². The highest BCUT2D eigenvalue weighted by Crippen LogP contribution is 2.29. The molecule has 2 rings (SSSR count). The number of benzene rings is 1. The van der Waals surface area contributed by atoms with E-state index in [-0.39, 0.29) is 18.1 Å². The molecule has 1 fully saturated rings. The summed E-state index contributed by atoms with van der Waals surface area (Å²) in [4.78, 5) is 14.3. The summed E-state index contributed by atoms with van der Waals surface area (Å²) in [6.07, 6.45) is 3.49. The number of nitrogens with zero attached hydrogens (tertiary/aromatic N) is 1. The Labute approximate surface area is 150 Å². The SMILES string of the molecule is COc1cc(/C=C/C(=O)N2CC(C)OCC2C)ccc1OCC(C)C. The van der Waals surface area contributed by atoms with E-state index in [9.17, 15) is 4.79 Å². The van der Waals surface area contributed by atoms with E-state index >= 15 is 0 Å². The molecule has 0 aliphatic carbocycles. The molecule has 138 valence electrons. The molecule has 1 saturated heterocycles. The van der Waals surface area contributed by atoms with Crippen LogP contribution in [-0.2, 0) is 9.53 Å². The first kappa shape index (κ1) is 19.3. The minimum absolute atomic E-state index is 0.00162. The maximum atomic E-state index is 12.5. The summed E-state index contributed by atoms with van der Waals surface area (Å²) < 4.78 is 16.7. The Balaban J connectivity index is 2.05. The summed E-state index contributed by atoms with van der Waals surface area (Å²) in [7, 11) is 1.62. The van der Waals surface area contributed by atoms with E-state index in [2.05, 4.69) is 13.8 Å². The fraction of sp³-hybridized carbons (Fsp3) is 0.550. The van der Waals surface area contributed by atoms with E-state index in [0.29, 0.717) is 31.4 Å². The second kappa shape index (κ2) is 8.90. The monoisotopic (exact) mass is 347 g/mol. The second-order valence-electron chi connectivity index (χ2n) is 6.93. The molecule has 1 heterocycles. The van der Waals surface area contributed by atoms with E-state index < -0.39 is 0 Å². The molecule has 2 atom stereocenters. The molecule has 0 bridgehead atoms. The lowest BCUT2D eigenvalue weighted by atomic mass is 10.1. The van der Waals surface area contributed by atoms with Crippen LogP contribution in [0.4, 0.5) is 0 Å². The number of hydrogen-bond donors (Lipinski definition) is 0. The second-order valence-corrected chi connectivity index (χ2v) is 6.93. The van der Waals surface area contributed by atoms with Gasteiger partial charge in [0, 0.05) is 12.6 Å². The van der Waals surface area contributed by atoms with Crippen LogP contribution in [0.3, 0.4) is 0 Å². The van der Waals surface area contributed by atoms with Gasteiger partial charge in [0.05, 0.1) is 32.5 Å². The number of carbonyl (C=O) groups is 1. The third-order valence-electron chi connectivity index (χ3n) is 4.07. The van der Waals surface area contributed by atoms with E-state index in [4.69, 9.17) is 14.2 Å². The lowest BCUT2D eigenvalue weighted by Crippen LogP contribution is -2.49. The van der Waals surface area contributed by atoms with Gasteiger partial charge < -0.3 is 19.1 Å². The molecule has 25 heavy (non-hydrogen) atoms. The zero-order valence-corrected chi connectivity index (χ0v) is 15.8. The van der Waals surface area contributed by atoms with Crippen LogP contribution < -0.4 is 9.47 Å². The smallest absolute Gasteiger partial charge is 0.246 e. The molecule has 0 N–H and O–H groups in total. The van der Waals surface area contributed by atoms with Gasteiger partial charge in [0.2, 0.25) is 5.91 Å². The summed E-state index contributed by atoms with van der Waals surface area (Å²) in [6.45, 7) is 10.0. The molecule has 5 heteroatoms. The fourth-order valence-electron chi connectivity index (χ4n) is 2.64. The van der Waals surface area contributed by atoms with Gasteiger partial charge in [-0.3, -0.25) is 4.79 Å². The zero-order chi connectivity index (χ0) is 18.4. The molecule has 0 spiro atoms. The predicted molar refractivity (Wildman–Crippen MR) is 99.0 cm³/mol. The number of methoxy groups -OCH3 is 1. The first-order valence-corrected chi connectivity index (χ1v) is 8.81. The van der Waals surface area contributed by atoms with Crippen LogP contribution in [0.15, 0.2) is 24.3 Å². The van der Waals surface area contributed by atoms with E-state index in [1.165, 1.54) is 0 Å². The average Bonchev–Trinajstić information content (AvgIpc) is 2.60. The van der Waals surface area contributed by atoms with Crippen molar-refractivity contribution < 1.29 is 19.0 Å². The van der Waals surface area contributed by atoms with Gasteiger partial charge in [-0.15, -0.1) is 0 Å². The normalized spacial score (nSPS) is 21.0. The molecule has 1 aliphatic heterocycles. The molecule has 0 saturated carbocycles. The Morgan fingerprint density at radius 3 is 2.80 bits per heavy atom. The lowest BCUT2D eigenvalue weighted by molar-refractivity contribution is -0.137. The van der Waals surface area contributed by atoms with Crippen molar-refractivity contribution in [2.24, 2.45) is 5.92 Å². The summed E-state index contributed by atoms with van der Waals surface area (Å²) >= 11 is 0. The molecule has 1 aromatic rings. The summed E-state index contributed by atoms with van der Waals surface area (Å²) in [5.41, 5.74) is 0.899. The minimum atomic E-state index is 0.00162. The van der Waals surface area contributed by atoms with E-state index in [1.54, 1.807) is 13.2 Å². The van der Waals surface area contributed by atoms with Crippen LogP contribution in [0.25, 0.3) is 6.08 Å². The van der Waals surface area contributed by atoms with Gasteiger partial charge in [0.15, 0.2) is 11.5 Å². The minimum Gasteiger partial charge on any atom is -0.493 e. The van der Waals surface area contributed by atoms with Crippen LogP contribution in [0.2, 0.25) is 0 Å². The molecule has 5 nitrogen and oxygen atoms in total. The molecule has 1 amide bonds. The van der Waals surface area contributed by atoms with Crippen LogP contribution in [0.1, 0.15) is 33.3 Å². The van der Waals surface area contributed by atoms with Gasteiger partial charge in [0.25, 0.3) is 0 Å². The van der Waals surface area contributed by atoms with Crippen molar-refractivity contribution in [1.29, 1.82) is 0 Å². The Morgan fingerprint density at radius 2 is 2.12 bits per heavy atom. The van der Waals surface area contributed by atoms with Crippen LogP contribution in [-0.4, -0.2) is 49.8 Å². The number of ether oxygens (including phenoxy) is 3. The topological polar surface area (TPSA) is 48.0 Å². The van der Waals surface area contributed by atoms with Crippen molar-refractivity contribution in [3.05, 3.63) is 29.8 Å². The summed E-state index contributed by atoms with van der Waals surface area (Å²) in [6, 6.07) is 5.78. The van der Waals surface area contributed by atoms with Gasteiger partial charge in [0.1, 0.15) is 0 Å². The number of rotatable bonds is 6. The first-order valence-electron chi connectivity index (χ1n) is 8.81. The molecule has 1 aliphatic rings. The fourth-order valence-corrected chi connectivity index (χ4v) is 2.64. The molecule has 1 aromatic carbocycles. The van der Waals surface area contributed by atoms with Gasteiger partial charge in [-0.1, -0.05) is 19.9 Å². The highest BCUT2D eigenvalue weighted by atomic mass is 16.5. The zero-order valence-electron chi connectivity index (χ0n) is 15.8.